The van der Waals surface area contributed by atoms with Gasteiger partial charge in [0.25, 0.3) is 0 Å². The molecule has 4 nitrogen and oxygen atoms in total. The third-order valence-electron chi connectivity index (χ3n) is 3.44. The van der Waals surface area contributed by atoms with E-state index in [1.807, 2.05) is 18.2 Å². The zero-order valence-corrected chi connectivity index (χ0v) is 11.3. The maximum absolute atomic E-state index is 11.0. The third kappa shape index (κ3) is 3.13. The molecule has 0 amide bonds. The minimum atomic E-state index is -1.28. The molecule has 0 spiro atoms. The van der Waals surface area contributed by atoms with Gasteiger partial charge in [-0.2, -0.15) is 0 Å². The molecule has 2 rings (SSSR count). The van der Waals surface area contributed by atoms with Crippen LogP contribution in [0.15, 0.2) is 35.5 Å². The molecule has 19 heavy (non-hydrogen) atoms. The number of carboxylic acids is 1. The fourth-order valence-electron chi connectivity index (χ4n) is 2.19. The summed E-state index contributed by atoms with van der Waals surface area (Å²) in [5.41, 5.74) is 0.882. The number of aliphatic carboxylic acids is 1. The quantitative estimate of drug-likeness (QED) is 0.847. The van der Waals surface area contributed by atoms with Crippen LogP contribution in [0.5, 0.6) is 0 Å². The fraction of sp³-hybridized carbons (Fsp3) is 0.467. The molecule has 0 aliphatic heterocycles. The topological polar surface area (TPSA) is 58.9 Å². The number of hydrogen-bond acceptors (Lipinski definition) is 3. The van der Waals surface area contributed by atoms with E-state index >= 15 is 0 Å². The zero-order valence-electron chi connectivity index (χ0n) is 11.3. The van der Waals surface area contributed by atoms with Crippen molar-refractivity contribution in [2.45, 2.75) is 44.6 Å². The summed E-state index contributed by atoms with van der Waals surface area (Å²) < 4.78 is 0. The van der Waals surface area contributed by atoms with Crippen LogP contribution >= 0.6 is 0 Å². The smallest absolute Gasteiger partial charge is 0.350 e. The number of oxime groups is 1. The highest BCUT2D eigenvalue weighted by molar-refractivity contribution is 5.92. The van der Waals surface area contributed by atoms with Crippen molar-refractivity contribution in [3.8, 4) is 0 Å². The van der Waals surface area contributed by atoms with E-state index in [0.29, 0.717) is 0 Å². The van der Waals surface area contributed by atoms with Gasteiger partial charge in [0.1, 0.15) is 0 Å². The second kappa shape index (κ2) is 5.43. The predicted molar refractivity (Wildman–Crippen MR) is 73.3 cm³/mol. The first kappa shape index (κ1) is 13.6. The maximum atomic E-state index is 11.0. The Balaban J connectivity index is 2.13. The van der Waals surface area contributed by atoms with Crippen LogP contribution in [0.1, 0.15) is 44.6 Å². The van der Waals surface area contributed by atoms with Crippen LogP contribution in [0.25, 0.3) is 0 Å². The van der Waals surface area contributed by atoms with Crippen molar-refractivity contribution in [1.82, 2.24) is 0 Å². The first-order valence-corrected chi connectivity index (χ1v) is 6.54. The van der Waals surface area contributed by atoms with Gasteiger partial charge in [0.15, 0.2) is 0 Å². The summed E-state index contributed by atoms with van der Waals surface area (Å²) in [6, 6.07) is 10.2. The van der Waals surface area contributed by atoms with Gasteiger partial charge in [-0.1, -0.05) is 35.5 Å². The number of rotatable bonds is 4. The van der Waals surface area contributed by atoms with Gasteiger partial charge in [-0.3, -0.25) is 0 Å². The Morgan fingerprint density at radius 2 is 2.05 bits per heavy atom. The lowest BCUT2D eigenvalue weighted by Gasteiger charge is -2.18. The van der Waals surface area contributed by atoms with Crippen LogP contribution < -0.4 is 0 Å². The lowest BCUT2D eigenvalue weighted by atomic mass is 9.96. The maximum Gasteiger partial charge on any atom is 0.350 e. The first-order valence-electron chi connectivity index (χ1n) is 6.54. The minimum absolute atomic E-state index is 0.255. The molecular formula is C15H19NO3. The highest BCUT2D eigenvalue weighted by atomic mass is 16.7. The van der Waals surface area contributed by atoms with Crippen molar-refractivity contribution in [3.63, 3.8) is 0 Å². The summed E-state index contributed by atoms with van der Waals surface area (Å²) in [6.45, 7) is 3.01. The Morgan fingerprint density at radius 3 is 2.68 bits per heavy atom. The molecular weight excluding hydrogens is 242 g/mol. The second-order valence-electron chi connectivity index (χ2n) is 5.34. The van der Waals surface area contributed by atoms with Crippen LogP contribution in [0.3, 0.4) is 0 Å². The summed E-state index contributed by atoms with van der Waals surface area (Å²) >= 11 is 0. The number of hydrogen-bond donors (Lipinski definition) is 1. The van der Waals surface area contributed by atoms with Gasteiger partial charge in [-0.25, -0.2) is 4.79 Å². The van der Waals surface area contributed by atoms with Crippen molar-refractivity contribution in [2.24, 2.45) is 5.16 Å². The van der Waals surface area contributed by atoms with Crippen LogP contribution in [0.2, 0.25) is 0 Å². The van der Waals surface area contributed by atoms with Crippen molar-refractivity contribution < 1.29 is 14.7 Å². The van der Waals surface area contributed by atoms with Crippen molar-refractivity contribution in [2.75, 3.05) is 0 Å². The number of carboxylic acid groups (broad SMARTS) is 1. The molecule has 1 aliphatic carbocycles. The standard InChI is InChI=1S/C15H19NO3/c1-15(2,14(17)18)19-16-13-10-6-9-12(13)11-7-4-3-5-8-11/h3-5,7-8,12H,6,9-10H2,1-2H3,(H,17,18)/b16-13-. The Morgan fingerprint density at radius 1 is 1.37 bits per heavy atom. The van der Waals surface area contributed by atoms with Crippen molar-refractivity contribution in [1.29, 1.82) is 0 Å². The van der Waals surface area contributed by atoms with E-state index in [2.05, 4.69) is 17.3 Å². The molecule has 1 aliphatic rings. The summed E-state index contributed by atoms with van der Waals surface area (Å²) in [5, 5.41) is 13.1. The molecule has 1 atom stereocenters. The van der Waals surface area contributed by atoms with Gasteiger partial charge in [-0.05, 0) is 38.7 Å². The summed E-state index contributed by atoms with van der Waals surface area (Å²) in [5.74, 6) is -0.753. The molecule has 1 saturated carbocycles. The van der Waals surface area contributed by atoms with Gasteiger partial charge in [-0.15, -0.1) is 0 Å². The molecule has 1 aromatic rings. The molecule has 1 unspecified atom stereocenters. The largest absolute Gasteiger partial charge is 0.478 e. The number of nitrogens with zero attached hydrogens (tertiary/aromatic N) is 1. The number of carbonyl (C=O) groups is 1. The van der Waals surface area contributed by atoms with E-state index in [1.165, 1.54) is 19.4 Å². The zero-order chi connectivity index (χ0) is 13.9. The number of benzene rings is 1. The highest BCUT2D eigenvalue weighted by Gasteiger charge is 2.31. The van der Waals surface area contributed by atoms with Crippen molar-refractivity contribution in [3.05, 3.63) is 35.9 Å². The summed E-state index contributed by atoms with van der Waals surface area (Å²) in [6.07, 6.45) is 2.98. The van der Waals surface area contributed by atoms with E-state index in [1.54, 1.807) is 0 Å². The monoisotopic (exact) mass is 261 g/mol. The van der Waals surface area contributed by atoms with Gasteiger partial charge in [0.2, 0.25) is 5.60 Å². The Kier molecular flexibility index (Phi) is 3.88. The molecule has 0 aromatic heterocycles. The fourth-order valence-corrected chi connectivity index (χ4v) is 2.19. The summed E-state index contributed by atoms with van der Waals surface area (Å²) in [7, 11) is 0. The molecule has 0 radical (unpaired) electrons. The lowest BCUT2D eigenvalue weighted by Crippen LogP contribution is -2.33. The predicted octanol–water partition coefficient (Wildman–Crippen LogP) is 3.19. The Hall–Kier alpha value is -1.84. The SMILES string of the molecule is CC(C)(O/N=C1/CCCC1c1ccccc1)C(=O)O. The van der Waals surface area contributed by atoms with Gasteiger partial charge in [0.05, 0.1) is 5.71 Å². The van der Waals surface area contributed by atoms with Gasteiger partial charge < -0.3 is 9.94 Å². The summed E-state index contributed by atoms with van der Waals surface area (Å²) in [4.78, 5) is 16.2. The molecule has 0 bridgehead atoms. The Bertz CT molecular complexity index is 479. The van der Waals surface area contributed by atoms with E-state index in [-0.39, 0.29) is 5.92 Å². The van der Waals surface area contributed by atoms with Crippen LogP contribution in [-0.2, 0) is 9.63 Å². The minimum Gasteiger partial charge on any atom is -0.478 e. The molecule has 1 N–H and O–H groups in total. The van der Waals surface area contributed by atoms with Gasteiger partial charge in [0, 0.05) is 5.92 Å². The molecule has 102 valence electrons. The van der Waals surface area contributed by atoms with Crippen LogP contribution in [0, 0.1) is 0 Å². The second-order valence-corrected chi connectivity index (χ2v) is 5.34. The lowest BCUT2D eigenvalue weighted by molar-refractivity contribution is -0.161. The Labute approximate surface area is 113 Å². The first-order chi connectivity index (χ1) is 9.00. The van der Waals surface area contributed by atoms with E-state index < -0.39 is 11.6 Å². The third-order valence-corrected chi connectivity index (χ3v) is 3.44. The molecule has 1 fully saturated rings. The van der Waals surface area contributed by atoms with E-state index in [9.17, 15) is 4.79 Å². The van der Waals surface area contributed by atoms with Crippen LogP contribution in [-0.4, -0.2) is 22.4 Å². The molecule has 0 saturated heterocycles. The van der Waals surface area contributed by atoms with E-state index in [0.717, 1.165) is 25.0 Å². The average Bonchev–Trinajstić information content (AvgIpc) is 2.85. The highest BCUT2D eigenvalue weighted by Crippen LogP contribution is 2.32. The normalized spacial score (nSPS) is 21.6. The van der Waals surface area contributed by atoms with E-state index in [4.69, 9.17) is 9.94 Å². The molecule has 4 heteroatoms. The van der Waals surface area contributed by atoms with Crippen molar-refractivity contribution >= 4 is 11.7 Å². The van der Waals surface area contributed by atoms with Crippen LogP contribution in [0.4, 0.5) is 0 Å². The average molecular weight is 261 g/mol. The molecule has 1 aromatic carbocycles. The van der Waals surface area contributed by atoms with Gasteiger partial charge >= 0.3 is 5.97 Å². The molecule has 0 heterocycles.